The Morgan fingerprint density at radius 3 is 2.77 bits per heavy atom. The molecule has 2 aromatic rings. The number of carbonyl (C=O) groups is 1. The molecule has 0 spiro atoms. The van der Waals surface area contributed by atoms with Crippen LogP contribution in [0.4, 0.5) is 5.82 Å². The average molecular weight is 424 g/mol. The number of anilines is 1. The van der Waals surface area contributed by atoms with Gasteiger partial charge in [0.1, 0.15) is 17.7 Å². The largest absolute Gasteiger partial charge is 0.490 e. The molecule has 4 heterocycles. The van der Waals surface area contributed by atoms with Crippen LogP contribution < -0.4 is 9.64 Å². The summed E-state index contributed by atoms with van der Waals surface area (Å²) >= 11 is 0. The molecule has 1 aromatic carbocycles. The van der Waals surface area contributed by atoms with Gasteiger partial charge < -0.3 is 24.4 Å². The fraction of sp³-hybridized carbons (Fsp3) is 0.500. The zero-order valence-corrected chi connectivity index (χ0v) is 18.1. The van der Waals surface area contributed by atoms with Crippen LogP contribution in [0.15, 0.2) is 24.3 Å². The first kappa shape index (κ1) is 20.3. The minimum absolute atomic E-state index is 0.0371. The molecule has 1 aromatic heterocycles. The Bertz CT molecular complexity index is 999. The smallest absolute Gasteiger partial charge is 0.256 e. The number of aliphatic hydroxyl groups excluding tert-OH is 1. The van der Waals surface area contributed by atoms with Crippen molar-refractivity contribution in [3.05, 3.63) is 52.2 Å². The van der Waals surface area contributed by atoms with Crippen LogP contribution in [0, 0.1) is 6.92 Å². The fourth-order valence-corrected chi connectivity index (χ4v) is 4.76. The van der Waals surface area contributed by atoms with Crippen LogP contribution in [-0.2, 0) is 24.5 Å². The van der Waals surface area contributed by atoms with Gasteiger partial charge in [0.05, 0.1) is 37.1 Å². The number of β-amino-alcohol motifs (C(OH)–C–C–N with tert-alkyl or cyclic N) is 1. The van der Waals surface area contributed by atoms with Crippen molar-refractivity contribution in [2.75, 3.05) is 24.5 Å². The molecule has 164 valence electrons. The number of aliphatic hydroxyl groups is 1. The Hall–Kier alpha value is -2.64. The van der Waals surface area contributed by atoms with Gasteiger partial charge in [-0.3, -0.25) is 4.79 Å². The van der Waals surface area contributed by atoms with Gasteiger partial charge in [-0.25, -0.2) is 4.98 Å². The number of aromatic nitrogens is 1. The molecule has 1 amide bonds. The van der Waals surface area contributed by atoms with Crippen molar-refractivity contribution in [2.24, 2.45) is 0 Å². The number of piperidine rings is 1. The van der Waals surface area contributed by atoms with E-state index in [-0.39, 0.29) is 12.0 Å². The lowest BCUT2D eigenvalue weighted by Gasteiger charge is -2.34. The molecule has 0 aliphatic carbocycles. The molecule has 7 nitrogen and oxygen atoms in total. The Morgan fingerprint density at radius 2 is 2.00 bits per heavy atom. The summed E-state index contributed by atoms with van der Waals surface area (Å²) in [7, 11) is 0. The minimum atomic E-state index is -0.545. The predicted octanol–water partition coefficient (Wildman–Crippen LogP) is 2.80. The first-order chi connectivity index (χ1) is 15.0. The van der Waals surface area contributed by atoms with Crippen LogP contribution >= 0.6 is 0 Å². The summed E-state index contributed by atoms with van der Waals surface area (Å²) in [5.41, 5.74) is 4.98. The van der Waals surface area contributed by atoms with E-state index in [0.717, 1.165) is 48.8 Å². The van der Waals surface area contributed by atoms with E-state index < -0.39 is 6.10 Å². The van der Waals surface area contributed by atoms with Crippen molar-refractivity contribution in [3.63, 3.8) is 0 Å². The fourth-order valence-electron chi connectivity index (χ4n) is 4.76. The van der Waals surface area contributed by atoms with E-state index >= 15 is 0 Å². The molecule has 3 aliphatic heterocycles. The number of fused-ring (bicyclic) bond motifs is 2. The van der Waals surface area contributed by atoms with Gasteiger partial charge in [-0.1, -0.05) is 6.07 Å². The number of rotatable bonds is 5. The average Bonchev–Trinajstić information content (AvgIpc) is 3.32. The molecular weight excluding hydrogens is 394 g/mol. The van der Waals surface area contributed by atoms with Crippen molar-refractivity contribution >= 4 is 11.7 Å². The van der Waals surface area contributed by atoms with Gasteiger partial charge in [-0.05, 0) is 48.7 Å². The molecule has 1 saturated heterocycles. The summed E-state index contributed by atoms with van der Waals surface area (Å²) in [4.78, 5) is 21.4. The van der Waals surface area contributed by atoms with Crippen LogP contribution in [-0.4, -0.2) is 52.7 Å². The molecular formula is C24H29N3O4. The minimum Gasteiger partial charge on any atom is -0.490 e. The van der Waals surface area contributed by atoms with Gasteiger partial charge in [-0.2, -0.15) is 0 Å². The van der Waals surface area contributed by atoms with Crippen molar-refractivity contribution in [1.29, 1.82) is 0 Å². The van der Waals surface area contributed by atoms with Gasteiger partial charge in [-0.15, -0.1) is 0 Å². The zero-order valence-electron chi connectivity index (χ0n) is 18.1. The maximum atomic E-state index is 12.6. The molecule has 3 aliphatic rings. The monoisotopic (exact) mass is 423 g/mol. The number of ether oxygens (including phenoxy) is 2. The van der Waals surface area contributed by atoms with E-state index in [9.17, 15) is 9.90 Å². The van der Waals surface area contributed by atoms with E-state index in [1.807, 2.05) is 19.1 Å². The van der Waals surface area contributed by atoms with E-state index in [1.165, 1.54) is 11.1 Å². The number of amides is 1. The Morgan fingerprint density at radius 1 is 1.23 bits per heavy atom. The van der Waals surface area contributed by atoms with E-state index in [4.69, 9.17) is 14.5 Å². The van der Waals surface area contributed by atoms with Crippen LogP contribution in [0.25, 0.3) is 0 Å². The van der Waals surface area contributed by atoms with Crippen molar-refractivity contribution in [2.45, 2.75) is 58.7 Å². The molecule has 0 unspecified atom stereocenters. The van der Waals surface area contributed by atoms with Crippen LogP contribution in [0.5, 0.6) is 5.75 Å². The summed E-state index contributed by atoms with van der Waals surface area (Å²) in [5, 5.41) is 9.66. The third-order valence-electron chi connectivity index (χ3n) is 6.35. The highest BCUT2D eigenvalue weighted by Crippen LogP contribution is 2.31. The van der Waals surface area contributed by atoms with Gasteiger partial charge in [0.2, 0.25) is 0 Å². The maximum absolute atomic E-state index is 12.6. The van der Waals surface area contributed by atoms with Crippen molar-refractivity contribution in [3.8, 4) is 5.75 Å². The number of nitrogens with zero attached hydrogens (tertiary/aromatic N) is 3. The Kier molecular flexibility index (Phi) is 5.32. The highest BCUT2D eigenvalue weighted by molar-refractivity contribution is 5.98. The van der Waals surface area contributed by atoms with Crippen LogP contribution in [0.2, 0.25) is 0 Å². The third kappa shape index (κ3) is 4.00. The molecule has 0 bridgehead atoms. The topological polar surface area (TPSA) is 75.1 Å². The summed E-state index contributed by atoms with van der Waals surface area (Å²) in [6.07, 6.45) is 1.50. The quantitative estimate of drug-likeness (QED) is 0.797. The molecule has 1 N–H and O–H groups in total. The van der Waals surface area contributed by atoms with E-state index in [1.54, 1.807) is 11.8 Å². The number of pyridine rings is 1. The molecule has 1 fully saturated rings. The van der Waals surface area contributed by atoms with Gasteiger partial charge in [0.15, 0.2) is 0 Å². The van der Waals surface area contributed by atoms with Gasteiger partial charge >= 0.3 is 0 Å². The number of carbonyl (C=O) groups excluding carboxylic acids is 1. The molecule has 0 radical (unpaired) electrons. The second-order valence-electron chi connectivity index (χ2n) is 8.89. The van der Waals surface area contributed by atoms with Crippen molar-refractivity contribution < 1.29 is 19.4 Å². The number of aryl methyl sites for hydroxylation is 1. The highest BCUT2D eigenvalue weighted by Gasteiger charge is 2.31. The number of benzene rings is 1. The molecule has 7 heteroatoms. The van der Waals surface area contributed by atoms with E-state index in [2.05, 4.69) is 17.0 Å². The number of hydrogen-bond donors (Lipinski definition) is 1. The lowest BCUT2D eigenvalue weighted by atomic mass is 10.1. The first-order valence-corrected chi connectivity index (χ1v) is 11.1. The van der Waals surface area contributed by atoms with Gasteiger partial charge in [0, 0.05) is 32.5 Å². The first-order valence-electron chi connectivity index (χ1n) is 11.1. The van der Waals surface area contributed by atoms with E-state index in [0.29, 0.717) is 31.9 Å². The molecule has 1 atom stereocenters. The molecule has 0 saturated carbocycles. The van der Waals surface area contributed by atoms with Crippen LogP contribution in [0.1, 0.15) is 52.5 Å². The Balaban J connectivity index is 1.24. The highest BCUT2D eigenvalue weighted by atomic mass is 16.5. The lowest BCUT2D eigenvalue weighted by molar-refractivity contribution is 0.0671. The predicted molar refractivity (Wildman–Crippen MR) is 116 cm³/mol. The maximum Gasteiger partial charge on any atom is 0.256 e. The van der Waals surface area contributed by atoms with Crippen LogP contribution in [0.3, 0.4) is 0 Å². The second kappa shape index (κ2) is 8.13. The summed E-state index contributed by atoms with van der Waals surface area (Å²) in [6, 6.07) is 8.21. The zero-order chi connectivity index (χ0) is 21.5. The number of hydrogen-bond acceptors (Lipinski definition) is 6. The summed E-state index contributed by atoms with van der Waals surface area (Å²) in [6.45, 7) is 7.63. The summed E-state index contributed by atoms with van der Waals surface area (Å²) < 4.78 is 11.7. The second-order valence-corrected chi connectivity index (χ2v) is 8.89. The van der Waals surface area contributed by atoms with Crippen molar-refractivity contribution in [1.82, 2.24) is 9.88 Å². The molecule has 31 heavy (non-hydrogen) atoms. The molecule has 5 rings (SSSR count). The SMILES string of the molecule is Cc1cc2c(nc1N1CCC(Oc3ccc4c(c3)COC4)CC1)CN(C[C@H](C)O)C2=O. The lowest BCUT2D eigenvalue weighted by Crippen LogP contribution is -2.39. The van der Waals surface area contributed by atoms with Gasteiger partial charge in [0.25, 0.3) is 5.91 Å². The normalized spacial score (nSPS) is 19.5. The standard InChI is InChI=1S/C24H29N3O4/c1-15-9-21-22(12-27(24(21)29)11-16(2)28)25-23(15)26-7-5-19(6-8-26)31-20-4-3-17-13-30-14-18(17)10-20/h3-4,9-10,16,19,28H,5-8,11-14H2,1-2H3/t16-/m0/s1. The summed E-state index contributed by atoms with van der Waals surface area (Å²) in [5.74, 6) is 1.84. The Labute approximate surface area is 182 Å². The third-order valence-corrected chi connectivity index (χ3v) is 6.35.